The number of benzene rings is 3. The third-order valence-corrected chi connectivity index (χ3v) is 8.97. The molecule has 0 radical (unpaired) electrons. The molecule has 5 aromatic rings. The maximum absolute atomic E-state index is 14.3. The van der Waals surface area contributed by atoms with Crippen molar-refractivity contribution in [2.24, 2.45) is 0 Å². The van der Waals surface area contributed by atoms with Crippen LogP contribution in [0.1, 0.15) is 35.2 Å². The van der Waals surface area contributed by atoms with Crippen LogP contribution >= 0.6 is 11.3 Å². The van der Waals surface area contributed by atoms with Gasteiger partial charge in [0.1, 0.15) is 24.0 Å². The maximum atomic E-state index is 14.3. The normalized spacial score (nSPS) is 13.2. The number of likely N-dealkylation sites (N-methyl/N-ethyl adjacent to an activating group) is 1. The van der Waals surface area contributed by atoms with E-state index in [2.05, 4.69) is 20.1 Å². The molecule has 242 valence electrons. The number of nitrogens with zero attached hydrogens (tertiary/aromatic N) is 5. The Kier molecular flexibility index (Phi) is 10.1. The second kappa shape index (κ2) is 14.8. The SMILES string of the molecule is CN(C)CCOc1cccc(Nc2nccc(-c3sc(N4CCCCC4)nc3-c3cccc(CC(=O)c4c(F)cccc4F)c3)n2)c1. The highest BCUT2D eigenvalue weighted by atomic mass is 32.1. The number of halogens is 2. The van der Waals surface area contributed by atoms with E-state index in [-0.39, 0.29) is 6.42 Å². The fourth-order valence-corrected chi connectivity index (χ4v) is 6.56. The van der Waals surface area contributed by atoms with Crippen molar-refractivity contribution in [3.05, 3.63) is 102 Å². The lowest BCUT2D eigenvalue weighted by molar-refractivity contribution is 0.0985. The van der Waals surface area contributed by atoms with Crippen LogP contribution in [0.3, 0.4) is 0 Å². The Labute approximate surface area is 277 Å². The second-order valence-corrected chi connectivity index (χ2v) is 12.7. The summed E-state index contributed by atoms with van der Waals surface area (Å²) >= 11 is 1.57. The maximum Gasteiger partial charge on any atom is 0.227 e. The number of ketones is 1. The number of nitrogens with one attached hydrogen (secondary N) is 1. The number of aromatic nitrogens is 3. The largest absolute Gasteiger partial charge is 0.492 e. The molecule has 0 unspecified atom stereocenters. The molecule has 1 fully saturated rings. The quantitative estimate of drug-likeness (QED) is 0.138. The molecule has 47 heavy (non-hydrogen) atoms. The molecule has 3 aromatic carbocycles. The molecule has 2 aromatic heterocycles. The van der Waals surface area contributed by atoms with Crippen LogP contribution in [0.15, 0.2) is 79.0 Å². The average molecular weight is 655 g/mol. The first-order valence-electron chi connectivity index (χ1n) is 15.6. The lowest BCUT2D eigenvalue weighted by atomic mass is 9.99. The van der Waals surface area contributed by atoms with Crippen molar-refractivity contribution in [1.82, 2.24) is 19.9 Å². The molecule has 1 N–H and O–H groups in total. The highest BCUT2D eigenvalue weighted by Gasteiger charge is 2.23. The first kappa shape index (κ1) is 32.2. The summed E-state index contributed by atoms with van der Waals surface area (Å²) in [5.74, 6) is -1.17. The van der Waals surface area contributed by atoms with Gasteiger partial charge in [-0.05, 0) is 75.3 Å². The number of ether oxygens (including phenoxy) is 1. The highest BCUT2D eigenvalue weighted by molar-refractivity contribution is 7.19. The van der Waals surface area contributed by atoms with Crippen LogP contribution < -0.4 is 15.0 Å². The minimum Gasteiger partial charge on any atom is -0.492 e. The number of hydrogen-bond acceptors (Lipinski definition) is 9. The molecule has 0 spiro atoms. The van der Waals surface area contributed by atoms with E-state index < -0.39 is 23.0 Å². The number of Topliss-reactive ketones (excluding diaryl/α,β-unsaturated/α-hetero) is 1. The van der Waals surface area contributed by atoms with Gasteiger partial charge in [-0.15, -0.1) is 0 Å². The minimum absolute atomic E-state index is 0.149. The van der Waals surface area contributed by atoms with Gasteiger partial charge in [-0.2, -0.15) is 0 Å². The van der Waals surface area contributed by atoms with Crippen LogP contribution in [-0.2, 0) is 6.42 Å². The van der Waals surface area contributed by atoms with Crippen LogP contribution in [0, 0.1) is 11.6 Å². The van der Waals surface area contributed by atoms with E-state index in [0.29, 0.717) is 23.8 Å². The van der Waals surface area contributed by atoms with Crippen molar-refractivity contribution in [2.75, 3.05) is 50.6 Å². The van der Waals surface area contributed by atoms with Crippen molar-refractivity contribution in [2.45, 2.75) is 25.7 Å². The molecule has 0 aliphatic carbocycles. The first-order valence-corrected chi connectivity index (χ1v) is 16.5. The molecule has 6 rings (SSSR count). The van der Waals surface area contributed by atoms with Gasteiger partial charge in [0.05, 0.1) is 21.8 Å². The zero-order chi connectivity index (χ0) is 32.8. The van der Waals surface area contributed by atoms with Gasteiger partial charge in [0.2, 0.25) is 5.95 Å². The van der Waals surface area contributed by atoms with Crippen molar-refractivity contribution in [3.8, 4) is 27.6 Å². The molecular formula is C36H36F2N6O2S. The van der Waals surface area contributed by atoms with Gasteiger partial charge in [0.15, 0.2) is 10.9 Å². The molecular weight excluding hydrogens is 618 g/mol. The van der Waals surface area contributed by atoms with Gasteiger partial charge in [0, 0.05) is 49.6 Å². The summed E-state index contributed by atoms with van der Waals surface area (Å²) < 4.78 is 34.6. The zero-order valence-electron chi connectivity index (χ0n) is 26.4. The molecule has 0 amide bonds. The summed E-state index contributed by atoms with van der Waals surface area (Å²) in [4.78, 5) is 32.6. The van der Waals surface area contributed by atoms with Crippen LogP contribution in [0.2, 0.25) is 0 Å². The van der Waals surface area contributed by atoms with E-state index in [9.17, 15) is 13.6 Å². The summed E-state index contributed by atoms with van der Waals surface area (Å²) in [5, 5.41) is 4.20. The van der Waals surface area contributed by atoms with Gasteiger partial charge in [-0.3, -0.25) is 4.79 Å². The van der Waals surface area contributed by atoms with E-state index in [1.54, 1.807) is 23.6 Å². The number of hydrogen-bond donors (Lipinski definition) is 1. The Morgan fingerprint density at radius 2 is 1.72 bits per heavy atom. The number of rotatable bonds is 12. The minimum atomic E-state index is -0.865. The first-order chi connectivity index (χ1) is 22.8. The van der Waals surface area contributed by atoms with Gasteiger partial charge >= 0.3 is 0 Å². The summed E-state index contributed by atoms with van der Waals surface area (Å²) in [6.07, 6.45) is 4.97. The number of thiazole rings is 1. The number of anilines is 3. The Balaban J connectivity index is 1.30. The molecule has 0 atom stereocenters. The number of carbonyl (C=O) groups excluding carboxylic acids is 1. The van der Waals surface area contributed by atoms with E-state index in [4.69, 9.17) is 14.7 Å². The number of piperidine rings is 1. The third kappa shape index (κ3) is 7.98. The van der Waals surface area contributed by atoms with Crippen molar-refractivity contribution >= 4 is 33.9 Å². The van der Waals surface area contributed by atoms with Crippen molar-refractivity contribution in [3.63, 3.8) is 0 Å². The predicted octanol–water partition coefficient (Wildman–Crippen LogP) is 7.65. The van der Waals surface area contributed by atoms with Gasteiger partial charge in [-0.25, -0.2) is 23.7 Å². The molecule has 1 aliphatic rings. The Morgan fingerprint density at radius 3 is 2.51 bits per heavy atom. The van der Waals surface area contributed by atoms with E-state index in [0.717, 1.165) is 77.3 Å². The van der Waals surface area contributed by atoms with Gasteiger partial charge in [0.25, 0.3) is 0 Å². The highest BCUT2D eigenvalue weighted by Crippen LogP contribution is 2.41. The standard InChI is InChI=1S/C36H36F2N6O2S/c1-43(2)19-20-46-27-12-7-11-26(23-27)40-35-39-16-15-30(41-35)34-33(42-36(47-34)44-17-4-3-5-18-44)25-10-6-9-24(21-25)22-31(45)32-28(37)13-8-14-29(32)38/h6-16,21,23H,3-5,17-20,22H2,1-2H3,(H,39,40,41). The van der Waals surface area contributed by atoms with Crippen LogP contribution in [0.25, 0.3) is 21.8 Å². The molecule has 0 saturated carbocycles. The molecule has 0 bridgehead atoms. The Morgan fingerprint density at radius 1 is 0.957 bits per heavy atom. The fourth-order valence-electron chi connectivity index (χ4n) is 5.45. The summed E-state index contributed by atoms with van der Waals surface area (Å²) in [5.41, 5.74) is 3.12. The molecule has 1 saturated heterocycles. The zero-order valence-corrected chi connectivity index (χ0v) is 27.2. The van der Waals surface area contributed by atoms with Gasteiger partial charge in [-0.1, -0.05) is 41.7 Å². The summed E-state index contributed by atoms with van der Waals surface area (Å²) in [6.45, 7) is 3.24. The smallest absolute Gasteiger partial charge is 0.227 e. The lowest BCUT2D eigenvalue weighted by Crippen LogP contribution is -2.29. The lowest BCUT2D eigenvalue weighted by Gasteiger charge is -2.25. The van der Waals surface area contributed by atoms with Crippen LogP contribution in [0.5, 0.6) is 5.75 Å². The topological polar surface area (TPSA) is 83.5 Å². The van der Waals surface area contributed by atoms with Crippen LogP contribution in [-0.4, -0.2) is 66.0 Å². The van der Waals surface area contributed by atoms with E-state index in [1.807, 2.05) is 62.6 Å². The number of carbonyl (C=O) groups is 1. The monoisotopic (exact) mass is 654 g/mol. The molecule has 3 heterocycles. The van der Waals surface area contributed by atoms with Crippen molar-refractivity contribution < 1.29 is 18.3 Å². The van der Waals surface area contributed by atoms with Crippen molar-refractivity contribution in [1.29, 1.82) is 0 Å². The average Bonchev–Trinajstić information content (AvgIpc) is 3.51. The van der Waals surface area contributed by atoms with E-state index in [1.165, 1.54) is 12.5 Å². The molecule has 1 aliphatic heterocycles. The second-order valence-electron chi connectivity index (χ2n) is 11.7. The Hall–Kier alpha value is -4.74. The Bertz CT molecular complexity index is 1840. The summed E-state index contributed by atoms with van der Waals surface area (Å²) in [6, 6.07) is 20.4. The van der Waals surface area contributed by atoms with Crippen LogP contribution in [0.4, 0.5) is 25.5 Å². The molecule has 11 heteroatoms. The predicted molar refractivity (Wildman–Crippen MR) is 183 cm³/mol. The van der Waals surface area contributed by atoms with E-state index >= 15 is 0 Å². The van der Waals surface area contributed by atoms with Gasteiger partial charge < -0.3 is 19.9 Å². The fraction of sp³-hybridized carbons (Fsp3) is 0.278. The molecule has 8 nitrogen and oxygen atoms in total. The third-order valence-electron chi connectivity index (χ3n) is 7.83. The summed E-state index contributed by atoms with van der Waals surface area (Å²) in [7, 11) is 4.01.